The molecular weight excluding hydrogens is 280 g/mol. The molecule has 0 aromatic rings. The lowest BCUT2D eigenvalue weighted by atomic mass is 9.73. The van der Waals surface area contributed by atoms with Crippen molar-refractivity contribution in [2.24, 2.45) is 23.0 Å². The average molecular weight is 312 g/mol. The van der Waals surface area contributed by atoms with E-state index in [-0.39, 0.29) is 23.3 Å². The van der Waals surface area contributed by atoms with Crippen LogP contribution >= 0.6 is 0 Å². The summed E-state index contributed by atoms with van der Waals surface area (Å²) < 4.78 is 0. The molecule has 4 N–H and O–H groups in total. The molecule has 128 valence electrons. The van der Waals surface area contributed by atoms with Crippen LogP contribution in [0.25, 0.3) is 0 Å². The zero-order chi connectivity index (χ0) is 17.1. The Morgan fingerprint density at radius 2 is 1.77 bits per heavy atom. The van der Waals surface area contributed by atoms with Crippen molar-refractivity contribution in [2.45, 2.75) is 78.3 Å². The van der Waals surface area contributed by atoms with Gasteiger partial charge in [0.2, 0.25) is 5.91 Å². The number of hydrogen-bond acceptors (Lipinski definition) is 3. The van der Waals surface area contributed by atoms with Crippen molar-refractivity contribution in [3.05, 3.63) is 0 Å². The highest BCUT2D eigenvalue weighted by atomic mass is 16.4. The van der Waals surface area contributed by atoms with Crippen LogP contribution in [0.2, 0.25) is 0 Å². The number of carboxylic acid groups (broad SMARTS) is 1. The Balaban J connectivity index is 2.52. The minimum absolute atomic E-state index is 0.279. The van der Waals surface area contributed by atoms with E-state index >= 15 is 0 Å². The number of aliphatic carboxylic acids is 1. The zero-order valence-corrected chi connectivity index (χ0v) is 14.6. The van der Waals surface area contributed by atoms with Crippen molar-refractivity contribution >= 4 is 11.9 Å². The SMILES string of the molecule is CC(C)(CCC(C1CC1)C(C)(C)C)NC(=O)[C@@H](N)CC(=O)O. The van der Waals surface area contributed by atoms with Gasteiger partial charge in [0, 0.05) is 5.54 Å². The maximum Gasteiger partial charge on any atom is 0.305 e. The Kier molecular flexibility index (Phi) is 6.02. The minimum atomic E-state index is -1.05. The summed E-state index contributed by atoms with van der Waals surface area (Å²) in [4.78, 5) is 22.6. The van der Waals surface area contributed by atoms with Crippen molar-refractivity contribution in [1.29, 1.82) is 0 Å². The third kappa shape index (κ3) is 6.34. The molecule has 0 heterocycles. The van der Waals surface area contributed by atoms with Crippen LogP contribution in [0.5, 0.6) is 0 Å². The number of carboxylic acids is 1. The molecule has 0 aromatic carbocycles. The van der Waals surface area contributed by atoms with Crippen LogP contribution in [0.3, 0.4) is 0 Å². The molecule has 22 heavy (non-hydrogen) atoms. The highest BCUT2D eigenvalue weighted by Crippen LogP contribution is 2.48. The van der Waals surface area contributed by atoms with E-state index in [1.165, 1.54) is 12.8 Å². The molecule has 0 aliphatic heterocycles. The molecule has 5 nitrogen and oxygen atoms in total. The van der Waals surface area contributed by atoms with Crippen molar-refractivity contribution in [2.75, 3.05) is 0 Å². The van der Waals surface area contributed by atoms with Gasteiger partial charge in [-0.25, -0.2) is 0 Å². The molecular formula is C17H32N2O3. The predicted octanol–water partition coefficient (Wildman–Crippen LogP) is 2.54. The number of hydrogen-bond donors (Lipinski definition) is 3. The van der Waals surface area contributed by atoms with E-state index in [0.717, 1.165) is 18.8 Å². The molecule has 1 saturated carbocycles. The van der Waals surface area contributed by atoms with E-state index in [1.807, 2.05) is 13.8 Å². The number of carbonyl (C=O) groups is 2. The fraction of sp³-hybridized carbons (Fsp3) is 0.882. The van der Waals surface area contributed by atoms with Crippen molar-refractivity contribution in [1.82, 2.24) is 5.32 Å². The first-order chi connectivity index (χ1) is 9.92. The Morgan fingerprint density at radius 3 is 2.18 bits per heavy atom. The Morgan fingerprint density at radius 1 is 1.23 bits per heavy atom. The van der Waals surface area contributed by atoms with Crippen LogP contribution in [-0.4, -0.2) is 28.6 Å². The Hall–Kier alpha value is -1.10. The molecule has 1 aliphatic carbocycles. The highest BCUT2D eigenvalue weighted by Gasteiger charge is 2.39. The largest absolute Gasteiger partial charge is 0.481 e. The van der Waals surface area contributed by atoms with Gasteiger partial charge in [0.05, 0.1) is 12.5 Å². The number of carbonyl (C=O) groups excluding carboxylic acids is 1. The lowest BCUT2D eigenvalue weighted by Gasteiger charge is -2.35. The summed E-state index contributed by atoms with van der Waals surface area (Å²) in [5.41, 5.74) is 5.53. The standard InChI is InChI=1S/C17H32N2O3/c1-16(2,3)12(11-6-7-11)8-9-17(4,5)19-15(22)13(18)10-14(20)21/h11-13H,6-10,18H2,1-5H3,(H,19,22)(H,20,21)/t12?,13-/m0/s1. The number of rotatable bonds is 8. The fourth-order valence-electron chi connectivity index (χ4n) is 3.16. The maximum absolute atomic E-state index is 12.0. The molecule has 1 aliphatic rings. The van der Waals surface area contributed by atoms with Crippen molar-refractivity contribution in [3.8, 4) is 0 Å². The third-order valence-corrected chi connectivity index (χ3v) is 4.58. The van der Waals surface area contributed by atoms with Gasteiger partial charge in [-0.05, 0) is 56.8 Å². The van der Waals surface area contributed by atoms with Gasteiger partial charge in [-0.15, -0.1) is 0 Å². The van der Waals surface area contributed by atoms with E-state index in [2.05, 4.69) is 26.1 Å². The molecule has 1 fully saturated rings. The lowest BCUT2D eigenvalue weighted by Crippen LogP contribution is -2.51. The summed E-state index contributed by atoms with van der Waals surface area (Å²) >= 11 is 0. The summed E-state index contributed by atoms with van der Waals surface area (Å²) in [5, 5.41) is 11.6. The van der Waals surface area contributed by atoms with Crippen molar-refractivity contribution < 1.29 is 14.7 Å². The van der Waals surface area contributed by atoms with Crippen LogP contribution in [-0.2, 0) is 9.59 Å². The summed E-state index contributed by atoms with van der Waals surface area (Å²) in [6, 6.07) is -0.987. The molecule has 0 aromatic heterocycles. The monoisotopic (exact) mass is 312 g/mol. The molecule has 2 atom stereocenters. The Labute approximate surface area is 134 Å². The van der Waals surface area contributed by atoms with E-state index in [4.69, 9.17) is 10.8 Å². The minimum Gasteiger partial charge on any atom is -0.481 e. The summed E-state index contributed by atoms with van der Waals surface area (Å²) in [6.07, 6.45) is 4.23. The molecule has 1 unspecified atom stereocenters. The topological polar surface area (TPSA) is 92.4 Å². The third-order valence-electron chi connectivity index (χ3n) is 4.58. The first-order valence-corrected chi connectivity index (χ1v) is 8.22. The molecule has 0 radical (unpaired) electrons. The van der Waals surface area contributed by atoms with E-state index < -0.39 is 12.0 Å². The second-order valence-corrected chi connectivity index (χ2v) is 8.43. The first kappa shape index (κ1) is 18.9. The van der Waals surface area contributed by atoms with E-state index in [1.54, 1.807) is 0 Å². The number of nitrogens with one attached hydrogen (secondary N) is 1. The van der Waals surface area contributed by atoms with Crippen LogP contribution in [0.1, 0.15) is 66.7 Å². The van der Waals surface area contributed by atoms with Crippen LogP contribution in [0.15, 0.2) is 0 Å². The summed E-state index contributed by atoms with van der Waals surface area (Å²) in [7, 11) is 0. The summed E-state index contributed by atoms with van der Waals surface area (Å²) in [5.74, 6) is 0.0465. The van der Waals surface area contributed by atoms with Gasteiger partial charge in [0.15, 0.2) is 0 Å². The number of amides is 1. The maximum atomic E-state index is 12.0. The van der Waals surface area contributed by atoms with E-state index in [0.29, 0.717) is 5.92 Å². The molecule has 0 spiro atoms. The quantitative estimate of drug-likeness (QED) is 0.642. The highest BCUT2D eigenvalue weighted by molar-refractivity contribution is 5.86. The average Bonchev–Trinajstić information content (AvgIpc) is 3.09. The number of nitrogens with two attached hydrogens (primary N) is 1. The summed E-state index contributed by atoms with van der Waals surface area (Å²) in [6.45, 7) is 10.8. The lowest BCUT2D eigenvalue weighted by molar-refractivity contribution is -0.139. The zero-order valence-electron chi connectivity index (χ0n) is 14.6. The van der Waals surface area contributed by atoms with Crippen LogP contribution in [0, 0.1) is 17.3 Å². The van der Waals surface area contributed by atoms with Gasteiger partial charge in [-0.1, -0.05) is 20.8 Å². The Bertz CT molecular complexity index is 409. The van der Waals surface area contributed by atoms with Gasteiger partial charge in [-0.2, -0.15) is 0 Å². The second-order valence-electron chi connectivity index (χ2n) is 8.43. The van der Waals surface area contributed by atoms with Gasteiger partial charge < -0.3 is 16.2 Å². The van der Waals surface area contributed by atoms with Gasteiger partial charge in [0.25, 0.3) is 0 Å². The first-order valence-electron chi connectivity index (χ1n) is 8.22. The molecule has 5 heteroatoms. The van der Waals surface area contributed by atoms with E-state index in [9.17, 15) is 9.59 Å². The molecule has 1 rings (SSSR count). The fourth-order valence-corrected chi connectivity index (χ4v) is 3.16. The van der Waals surface area contributed by atoms with Gasteiger partial charge in [-0.3, -0.25) is 9.59 Å². The van der Waals surface area contributed by atoms with Crippen molar-refractivity contribution in [3.63, 3.8) is 0 Å². The van der Waals surface area contributed by atoms with Crippen LogP contribution in [0.4, 0.5) is 0 Å². The van der Waals surface area contributed by atoms with Crippen LogP contribution < -0.4 is 11.1 Å². The molecule has 1 amide bonds. The normalized spacial score (nSPS) is 18.6. The molecule has 0 bridgehead atoms. The molecule has 0 saturated heterocycles. The second kappa shape index (κ2) is 6.99. The predicted molar refractivity (Wildman–Crippen MR) is 87.4 cm³/mol. The smallest absolute Gasteiger partial charge is 0.305 e. The van der Waals surface area contributed by atoms with Gasteiger partial charge in [0.1, 0.15) is 0 Å². The van der Waals surface area contributed by atoms with Gasteiger partial charge >= 0.3 is 5.97 Å².